The van der Waals surface area contributed by atoms with Crippen LogP contribution in [0.15, 0.2) is 0 Å². The molecule has 1 fully saturated rings. The number of carboxylic acids is 1. The molecule has 1 unspecified atom stereocenters. The molecule has 0 aromatic heterocycles. The van der Waals surface area contributed by atoms with Crippen LogP contribution in [0.2, 0.25) is 0 Å². The van der Waals surface area contributed by atoms with Crippen LogP contribution in [0.5, 0.6) is 0 Å². The predicted molar refractivity (Wildman–Crippen MR) is 56.8 cm³/mol. The average Bonchev–Trinajstić information content (AvgIpc) is 2.19. The van der Waals surface area contributed by atoms with Gasteiger partial charge in [-0.05, 0) is 19.3 Å². The average molecular weight is 230 g/mol. The molecule has 0 aromatic carbocycles. The summed E-state index contributed by atoms with van der Waals surface area (Å²) in [7, 11) is 1.48. The van der Waals surface area contributed by atoms with Crippen molar-refractivity contribution in [2.75, 3.05) is 13.7 Å². The van der Waals surface area contributed by atoms with Crippen LogP contribution in [0.4, 0.5) is 0 Å². The van der Waals surface area contributed by atoms with E-state index < -0.39 is 17.6 Å². The molecule has 0 aromatic rings. The molecule has 0 bridgehead atoms. The van der Waals surface area contributed by atoms with Crippen molar-refractivity contribution in [2.24, 2.45) is 5.73 Å². The molecule has 4 N–H and O–H groups in total. The van der Waals surface area contributed by atoms with Gasteiger partial charge in [0.25, 0.3) is 0 Å². The number of hydrogen-bond acceptors (Lipinski definition) is 4. The molecule has 6 heteroatoms. The molecular formula is C10H18N2O4. The second kappa shape index (κ2) is 5.27. The van der Waals surface area contributed by atoms with Crippen LogP contribution < -0.4 is 11.1 Å². The Labute approximate surface area is 94.1 Å². The molecular weight excluding hydrogens is 212 g/mol. The normalized spacial score (nSPS) is 19.6. The number of carbonyl (C=O) groups excluding carboxylic acids is 1. The van der Waals surface area contributed by atoms with E-state index in [0.29, 0.717) is 12.8 Å². The smallest absolute Gasteiger partial charge is 0.326 e. The minimum atomic E-state index is -1.06. The quantitative estimate of drug-likeness (QED) is 0.569. The summed E-state index contributed by atoms with van der Waals surface area (Å²) in [5.41, 5.74) is 4.93. The molecule has 1 aliphatic carbocycles. The molecule has 0 saturated heterocycles. The fourth-order valence-electron chi connectivity index (χ4n) is 1.58. The molecule has 0 radical (unpaired) electrons. The summed E-state index contributed by atoms with van der Waals surface area (Å²) < 4.78 is 4.78. The highest BCUT2D eigenvalue weighted by molar-refractivity contribution is 5.90. The van der Waals surface area contributed by atoms with Crippen LogP contribution in [0.25, 0.3) is 0 Å². The molecule has 92 valence electrons. The largest absolute Gasteiger partial charge is 0.480 e. The first-order valence-electron chi connectivity index (χ1n) is 5.31. The van der Waals surface area contributed by atoms with E-state index in [-0.39, 0.29) is 18.9 Å². The van der Waals surface area contributed by atoms with Crippen molar-refractivity contribution in [1.29, 1.82) is 0 Å². The molecule has 0 heterocycles. The minimum Gasteiger partial charge on any atom is -0.480 e. The highest BCUT2D eigenvalue weighted by Crippen LogP contribution is 2.29. The number of nitrogens with two attached hydrogens (primary N) is 1. The Kier molecular flexibility index (Phi) is 4.26. The number of carboxylic acid groups (broad SMARTS) is 1. The number of amides is 1. The molecule has 1 aliphatic rings. The Hall–Kier alpha value is -1.14. The Morgan fingerprint density at radius 1 is 1.56 bits per heavy atom. The van der Waals surface area contributed by atoms with Crippen LogP contribution in [-0.2, 0) is 14.3 Å². The lowest BCUT2D eigenvalue weighted by Crippen LogP contribution is -2.61. The topological polar surface area (TPSA) is 102 Å². The number of aliphatic carboxylic acids is 1. The van der Waals surface area contributed by atoms with E-state index in [0.717, 1.165) is 6.42 Å². The molecule has 1 atom stereocenters. The van der Waals surface area contributed by atoms with Crippen LogP contribution in [0, 0.1) is 0 Å². The van der Waals surface area contributed by atoms with E-state index in [1.54, 1.807) is 0 Å². The summed E-state index contributed by atoms with van der Waals surface area (Å²) in [6.07, 6.45) is 2.40. The highest BCUT2D eigenvalue weighted by atomic mass is 16.5. The van der Waals surface area contributed by atoms with Crippen molar-refractivity contribution in [3.05, 3.63) is 0 Å². The first kappa shape index (κ1) is 12.9. The van der Waals surface area contributed by atoms with Gasteiger partial charge in [-0.15, -0.1) is 0 Å². The lowest BCUT2D eigenvalue weighted by Gasteiger charge is -2.37. The lowest BCUT2D eigenvalue weighted by molar-refractivity contribution is -0.143. The summed E-state index contributed by atoms with van der Waals surface area (Å²) in [4.78, 5) is 22.5. The number of carbonyl (C=O) groups is 2. The Morgan fingerprint density at radius 2 is 2.19 bits per heavy atom. The minimum absolute atomic E-state index is 0.244. The monoisotopic (exact) mass is 230 g/mol. The van der Waals surface area contributed by atoms with Gasteiger partial charge in [0.1, 0.15) is 6.04 Å². The second-order valence-corrected chi connectivity index (χ2v) is 4.16. The van der Waals surface area contributed by atoms with E-state index >= 15 is 0 Å². The summed E-state index contributed by atoms with van der Waals surface area (Å²) in [6, 6.07) is -0.923. The zero-order valence-electron chi connectivity index (χ0n) is 9.36. The zero-order chi connectivity index (χ0) is 12.2. The van der Waals surface area contributed by atoms with E-state index in [2.05, 4.69) is 5.32 Å². The van der Waals surface area contributed by atoms with E-state index in [1.807, 2.05) is 0 Å². The van der Waals surface area contributed by atoms with Crippen LogP contribution >= 0.6 is 0 Å². The SMILES string of the molecule is COCCC(NC(=O)C1(N)CCC1)C(=O)O. The molecule has 0 aliphatic heterocycles. The van der Waals surface area contributed by atoms with Gasteiger partial charge in [-0.1, -0.05) is 0 Å². The Balaban J connectivity index is 2.47. The number of methoxy groups -OCH3 is 1. The molecule has 1 rings (SSSR count). The van der Waals surface area contributed by atoms with Gasteiger partial charge in [0.15, 0.2) is 0 Å². The second-order valence-electron chi connectivity index (χ2n) is 4.16. The first-order valence-corrected chi connectivity index (χ1v) is 5.31. The Bertz CT molecular complexity index is 276. The van der Waals surface area contributed by atoms with Gasteiger partial charge < -0.3 is 20.9 Å². The predicted octanol–water partition coefficient (Wildman–Crippen LogP) is -0.526. The van der Waals surface area contributed by atoms with Gasteiger partial charge in [0, 0.05) is 20.1 Å². The van der Waals surface area contributed by atoms with E-state index in [9.17, 15) is 9.59 Å². The van der Waals surface area contributed by atoms with Gasteiger partial charge in [-0.3, -0.25) is 4.79 Å². The third kappa shape index (κ3) is 2.93. The van der Waals surface area contributed by atoms with Crippen molar-refractivity contribution in [2.45, 2.75) is 37.3 Å². The lowest BCUT2D eigenvalue weighted by atomic mass is 9.77. The van der Waals surface area contributed by atoms with Gasteiger partial charge >= 0.3 is 5.97 Å². The molecule has 0 spiro atoms. The van der Waals surface area contributed by atoms with Crippen molar-refractivity contribution in [3.8, 4) is 0 Å². The van der Waals surface area contributed by atoms with E-state index in [1.165, 1.54) is 7.11 Å². The molecule has 1 amide bonds. The van der Waals surface area contributed by atoms with Crippen LogP contribution in [-0.4, -0.2) is 42.3 Å². The summed E-state index contributed by atoms with van der Waals surface area (Å²) in [5.74, 6) is -1.43. The maximum absolute atomic E-state index is 11.7. The van der Waals surface area contributed by atoms with Crippen molar-refractivity contribution in [3.63, 3.8) is 0 Å². The number of hydrogen-bond donors (Lipinski definition) is 3. The van der Waals surface area contributed by atoms with Crippen molar-refractivity contribution < 1.29 is 19.4 Å². The molecule has 16 heavy (non-hydrogen) atoms. The van der Waals surface area contributed by atoms with Gasteiger partial charge in [-0.2, -0.15) is 0 Å². The third-order valence-electron chi connectivity index (χ3n) is 2.91. The standard InChI is InChI=1S/C10H18N2O4/c1-16-6-3-7(8(13)14)12-9(15)10(11)4-2-5-10/h7H,2-6,11H2,1H3,(H,12,15)(H,13,14). The maximum atomic E-state index is 11.7. The first-order chi connectivity index (χ1) is 7.49. The number of ether oxygens (including phenoxy) is 1. The zero-order valence-corrected chi connectivity index (χ0v) is 9.36. The fourth-order valence-corrected chi connectivity index (χ4v) is 1.58. The van der Waals surface area contributed by atoms with Gasteiger partial charge in [0.2, 0.25) is 5.91 Å². The number of nitrogens with one attached hydrogen (secondary N) is 1. The van der Waals surface area contributed by atoms with Crippen LogP contribution in [0.3, 0.4) is 0 Å². The number of rotatable bonds is 6. The van der Waals surface area contributed by atoms with Crippen LogP contribution in [0.1, 0.15) is 25.7 Å². The van der Waals surface area contributed by atoms with Gasteiger partial charge in [-0.25, -0.2) is 4.79 Å². The Morgan fingerprint density at radius 3 is 2.56 bits per heavy atom. The summed E-state index contributed by atoms with van der Waals surface area (Å²) in [6.45, 7) is 0.287. The van der Waals surface area contributed by atoms with Crippen molar-refractivity contribution >= 4 is 11.9 Å². The highest BCUT2D eigenvalue weighted by Gasteiger charge is 2.41. The van der Waals surface area contributed by atoms with E-state index in [4.69, 9.17) is 15.6 Å². The van der Waals surface area contributed by atoms with Crippen molar-refractivity contribution in [1.82, 2.24) is 5.32 Å². The van der Waals surface area contributed by atoms with Gasteiger partial charge in [0.05, 0.1) is 5.54 Å². The molecule has 6 nitrogen and oxygen atoms in total. The maximum Gasteiger partial charge on any atom is 0.326 e. The summed E-state index contributed by atoms with van der Waals surface area (Å²) >= 11 is 0. The molecule has 1 saturated carbocycles. The third-order valence-corrected chi connectivity index (χ3v) is 2.91. The summed E-state index contributed by atoms with van der Waals surface area (Å²) in [5, 5.41) is 11.3. The fraction of sp³-hybridized carbons (Fsp3) is 0.800.